The molecule has 3 aromatic carbocycles. The fraction of sp³-hybridized carbons (Fsp3) is 0.527. The average molecular weight is 1880 g/mol. The SMILES string of the molecule is CCCC[C@H]1C(=O)N(C)[C@@H](CCCC)C(=O)N[C@@H](CCCNC(N)=O)C(=O)N[C@H](C(=O)NCC(N)=O)CSCC(=O)N[C@@H](Cc2ccccc2)C(=O)N(C)[C@@H](C)C(=O)N[C@@H](CC(N)=O)C(=O)N2CCC[C@H]2C(=O)N[C@@H](Cc2cnc[nH]2)C(=O)N[C@@H](CC(C)C)C(=O)N2CCC[C@H]2C(=O)N[C@@H](Cc2c[nH]c3ccccc23)C(=O)N[C@@H](CO)C(=O)N[C@@H](Cc2c[nH]c3ccccc23)C(=O)N1C. The number of imidazole rings is 1. The van der Waals surface area contributed by atoms with E-state index in [9.17, 15) is 53.1 Å². The van der Waals surface area contributed by atoms with Gasteiger partial charge in [0.1, 0.15) is 84.6 Å². The third-order valence-corrected chi connectivity index (χ3v) is 25.2. The summed E-state index contributed by atoms with van der Waals surface area (Å²) in [4.78, 5) is 281. The van der Waals surface area contributed by atoms with Crippen LogP contribution in [0.5, 0.6) is 0 Å². The van der Waals surface area contributed by atoms with Gasteiger partial charge in [-0.2, -0.15) is 0 Å². The lowest BCUT2D eigenvalue weighted by molar-refractivity contribution is -0.149. The van der Waals surface area contributed by atoms with Gasteiger partial charge in [-0.25, -0.2) is 9.78 Å². The highest BCUT2D eigenvalue weighted by atomic mass is 32.2. The number of primary amides is 3. The van der Waals surface area contributed by atoms with Crippen LogP contribution >= 0.6 is 11.8 Å². The molecule has 3 fully saturated rings. The van der Waals surface area contributed by atoms with Crippen molar-refractivity contribution in [1.82, 2.24) is 103 Å². The van der Waals surface area contributed by atoms with Crippen LogP contribution < -0.4 is 75.7 Å². The number of amides is 19. The van der Waals surface area contributed by atoms with Crippen LogP contribution in [0.15, 0.2) is 104 Å². The van der Waals surface area contributed by atoms with Gasteiger partial charge in [-0.3, -0.25) is 81.5 Å². The van der Waals surface area contributed by atoms with Crippen molar-refractivity contribution in [3.63, 3.8) is 0 Å². The van der Waals surface area contributed by atoms with Crippen molar-refractivity contribution in [3.05, 3.63) is 126 Å². The molecular formula is C91H127N23O19S. The van der Waals surface area contributed by atoms with E-state index >= 15 is 38.4 Å². The number of aromatic nitrogens is 4. The zero-order valence-electron chi connectivity index (χ0n) is 76.8. The van der Waals surface area contributed by atoms with Crippen LogP contribution in [0.1, 0.15) is 147 Å². The highest BCUT2D eigenvalue weighted by molar-refractivity contribution is 8.00. The summed E-state index contributed by atoms with van der Waals surface area (Å²) in [5, 5.41) is 41.8. The molecule has 0 bridgehead atoms. The van der Waals surface area contributed by atoms with Gasteiger partial charge in [0.2, 0.25) is 100 Å². The Morgan fingerprint density at radius 1 is 0.500 bits per heavy atom. The first-order valence-electron chi connectivity index (χ1n) is 45.3. The maximum Gasteiger partial charge on any atom is 0.312 e. The van der Waals surface area contributed by atoms with Crippen LogP contribution in [-0.4, -0.2) is 306 Å². The van der Waals surface area contributed by atoms with Crippen LogP contribution in [-0.2, 0) is 107 Å². The maximum absolute atomic E-state index is 15.7. The first kappa shape index (κ1) is 104. The van der Waals surface area contributed by atoms with Crippen molar-refractivity contribution in [2.45, 2.75) is 235 Å². The molecular weight excluding hydrogens is 1750 g/mol. The topological polar surface area (TPSA) is 614 Å². The third kappa shape index (κ3) is 29.0. The molecule has 19 amide bonds. The summed E-state index contributed by atoms with van der Waals surface area (Å²) in [5.41, 5.74) is 19.9. The molecule has 0 spiro atoms. The van der Waals surface area contributed by atoms with E-state index in [0.29, 0.717) is 69.9 Å². The minimum Gasteiger partial charge on any atom is -0.394 e. The van der Waals surface area contributed by atoms with Gasteiger partial charge < -0.3 is 120 Å². The number of H-pyrrole nitrogens is 3. The Bertz CT molecular complexity index is 5150. The lowest BCUT2D eigenvalue weighted by Gasteiger charge is -2.36. The van der Waals surface area contributed by atoms with Crippen molar-refractivity contribution in [3.8, 4) is 0 Å². The summed E-state index contributed by atoms with van der Waals surface area (Å²) in [5.74, 6) is -16.6. The van der Waals surface area contributed by atoms with E-state index in [4.69, 9.17) is 17.2 Å². The zero-order valence-corrected chi connectivity index (χ0v) is 77.6. The van der Waals surface area contributed by atoms with E-state index in [0.717, 1.165) is 31.4 Å². The summed E-state index contributed by atoms with van der Waals surface area (Å²) in [6.45, 7) is 6.58. The molecule has 6 aromatic rings. The van der Waals surface area contributed by atoms with Gasteiger partial charge in [-0.05, 0) is 99.5 Å². The number of aromatic amines is 3. The summed E-state index contributed by atoms with van der Waals surface area (Å²) >= 11 is 0.784. The second-order valence-corrected chi connectivity index (χ2v) is 35.6. The lowest BCUT2D eigenvalue weighted by atomic mass is 10.00. The van der Waals surface area contributed by atoms with Crippen LogP contribution in [0, 0.1) is 5.92 Å². The second kappa shape index (κ2) is 50.4. The summed E-state index contributed by atoms with van der Waals surface area (Å²) in [6.07, 6.45) is 6.25. The van der Waals surface area contributed by atoms with Gasteiger partial charge in [0.15, 0.2) is 0 Å². The molecule has 0 radical (unpaired) electrons. The van der Waals surface area contributed by atoms with Crippen LogP contribution in [0.4, 0.5) is 4.79 Å². The third-order valence-electron chi connectivity index (χ3n) is 24.2. The Labute approximate surface area is 780 Å². The number of fused-ring (bicyclic) bond motifs is 4. The molecule has 6 heterocycles. The zero-order chi connectivity index (χ0) is 97.6. The number of aliphatic hydroxyl groups is 1. The van der Waals surface area contributed by atoms with E-state index < -0.39 is 222 Å². The largest absolute Gasteiger partial charge is 0.394 e. The number of aliphatic hydroxyl groups excluding tert-OH is 1. The number of hydrogen-bond acceptors (Lipinski definition) is 21. The Kier molecular flexibility index (Phi) is 39.2. The Balaban J connectivity index is 1.09. The number of rotatable bonds is 26. The number of carbonyl (C=O) groups is 18. The van der Waals surface area contributed by atoms with Gasteiger partial charge in [0.05, 0.1) is 31.7 Å². The number of benzene rings is 3. The standard InChI is InChI=1S/C91H127N23O19S/c1-9-11-30-70-83(125)102-61(29-20-34-96-91(94)133)79(121)109-69(78(120)99-46-75(93)117)48-134-49-76(118)101-65(38-53-23-14-13-15-24-53)86(128)110(6)52(5)77(119)105-67(42-74(92)116)89(131)114-36-22-33-72(114)85(127)104-63(41-56-45-95-50-100-56)81(123)106-64(37-51(3)4)88(130)113-35-21-32-71(113)84(126)103-62(39-54-43-97-59-27-18-16-25-57(54)59)80(122)108-68(47-115)82(124)107-66(40-55-44-98-60-28-19-17-26-58(55)60)87(129)112(8)73(31-12-10-2)90(132)111(70)7/h13-19,23-28,43-45,50-52,61-73,97-98,115H,9-12,20-22,29-42,46-49H2,1-8H3,(H2,92,116)(H2,93,117)(H,95,100)(H,99,120)(H,101,118)(H,102,125)(H,103,126)(H,104,127)(H,105,119)(H,106,123)(H,107,124)(H,108,122)(H,109,121)(H3,94,96,133)/t52-,61-,62-,63-,64-,65-,66-,67-,68-,69-,70-,71-,72-,73-/m0/s1. The molecule has 3 aliphatic heterocycles. The van der Waals surface area contributed by atoms with Gasteiger partial charge in [0, 0.05) is 118 Å². The van der Waals surface area contributed by atoms with Gasteiger partial charge in [-0.1, -0.05) is 120 Å². The molecule has 3 saturated heterocycles. The van der Waals surface area contributed by atoms with Crippen molar-refractivity contribution in [2.75, 3.05) is 65.4 Å². The number of unbranched alkanes of at least 4 members (excludes halogenated alkanes) is 2. The Morgan fingerprint density at radius 2 is 1.00 bits per heavy atom. The minimum absolute atomic E-state index is 0.000616. The highest BCUT2D eigenvalue weighted by Crippen LogP contribution is 2.28. The van der Waals surface area contributed by atoms with Crippen molar-refractivity contribution in [1.29, 1.82) is 0 Å². The summed E-state index contributed by atoms with van der Waals surface area (Å²) in [7, 11) is 3.96. The monoisotopic (exact) mass is 1880 g/mol. The van der Waals surface area contributed by atoms with E-state index in [2.05, 4.69) is 78.4 Å². The van der Waals surface area contributed by atoms with Crippen molar-refractivity contribution < 1.29 is 91.4 Å². The van der Waals surface area contributed by atoms with Crippen LogP contribution in [0.25, 0.3) is 21.8 Å². The smallest absolute Gasteiger partial charge is 0.312 e. The molecule has 726 valence electrons. The quantitative estimate of drug-likeness (QED) is 0.0277. The number of nitrogens with two attached hydrogens (primary N) is 3. The number of carbonyl (C=O) groups excluding carboxylic acids is 18. The Morgan fingerprint density at radius 3 is 1.56 bits per heavy atom. The molecule has 42 nitrogen and oxygen atoms in total. The average Bonchev–Trinajstić information content (AvgIpc) is 1.59. The predicted octanol–water partition coefficient (Wildman–Crippen LogP) is -1.42. The number of hydrogen-bond donors (Lipinski definition) is 18. The second-order valence-electron chi connectivity index (χ2n) is 34.5. The van der Waals surface area contributed by atoms with Crippen LogP contribution in [0.2, 0.25) is 0 Å². The van der Waals surface area contributed by atoms with Crippen molar-refractivity contribution >= 4 is 140 Å². The summed E-state index contributed by atoms with van der Waals surface area (Å²) < 4.78 is 0. The first-order chi connectivity index (χ1) is 64.0. The fourth-order valence-corrected chi connectivity index (χ4v) is 17.6. The van der Waals surface area contributed by atoms with E-state index in [1.165, 1.54) is 45.5 Å². The molecule has 134 heavy (non-hydrogen) atoms. The highest BCUT2D eigenvalue weighted by Gasteiger charge is 2.46. The molecule has 0 unspecified atom stereocenters. The first-order valence-corrected chi connectivity index (χ1v) is 46.5. The Hall–Kier alpha value is -13.5. The minimum atomic E-state index is -1.85. The molecule has 0 aliphatic carbocycles. The molecule has 0 saturated carbocycles. The van der Waals surface area contributed by atoms with E-state index in [1.54, 1.807) is 105 Å². The van der Waals surface area contributed by atoms with Gasteiger partial charge >= 0.3 is 6.03 Å². The number of urea groups is 1. The summed E-state index contributed by atoms with van der Waals surface area (Å²) in [6, 6.07) is 0.692. The normalized spacial score (nSPS) is 24.3. The molecule has 14 atom stereocenters. The number of nitrogens with one attached hydrogen (secondary N) is 14. The molecule has 3 aromatic heterocycles. The number of thioether (sulfide) groups is 1. The van der Waals surface area contributed by atoms with Crippen LogP contribution in [0.3, 0.4) is 0 Å². The van der Waals surface area contributed by atoms with E-state index in [1.807, 2.05) is 13.8 Å². The molecule has 21 N–H and O–H groups in total. The lowest BCUT2D eigenvalue weighted by Crippen LogP contribution is -2.62. The van der Waals surface area contributed by atoms with E-state index in [-0.39, 0.29) is 109 Å². The van der Waals surface area contributed by atoms with Crippen molar-refractivity contribution in [2.24, 2.45) is 23.1 Å². The maximum atomic E-state index is 15.7. The molecule has 43 heteroatoms. The van der Waals surface area contributed by atoms with Gasteiger partial charge in [-0.15, -0.1) is 11.8 Å². The number of nitrogens with zero attached hydrogens (tertiary/aromatic N) is 6. The number of likely N-dealkylation sites (N-methyl/N-ethyl adjacent to an activating group) is 3. The fourth-order valence-electron chi connectivity index (χ4n) is 16.8. The van der Waals surface area contributed by atoms with Gasteiger partial charge in [0.25, 0.3) is 0 Å². The predicted molar refractivity (Wildman–Crippen MR) is 494 cm³/mol. The molecule has 3 aliphatic rings. The molecule has 9 rings (SSSR count). The number of para-hydroxylation sites is 2.